The van der Waals surface area contributed by atoms with E-state index in [4.69, 9.17) is 4.74 Å². The molecule has 3 atom stereocenters. The summed E-state index contributed by atoms with van der Waals surface area (Å²) < 4.78 is 31.3. The minimum Gasteiger partial charge on any atom is -0.456 e. The van der Waals surface area contributed by atoms with E-state index in [0.717, 1.165) is 32.4 Å². The summed E-state index contributed by atoms with van der Waals surface area (Å²) in [6.07, 6.45) is 4.62. The van der Waals surface area contributed by atoms with E-state index in [9.17, 15) is 13.6 Å². The number of nitrogens with one attached hydrogen (secondary N) is 1. The van der Waals surface area contributed by atoms with Crippen molar-refractivity contribution in [2.45, 2.75) is 62.6 Å². The molecule has 4 nitrogen and oxygen atoms in total. The SMILES string of the molecule is O=C1OC(CN2CCCCC2C2CCCN2)CC1(F)F. The van der Waals surface area contributed by atoms with E-state index in [1.807, 2.05) is 0 Å². The molecule has 0 amide bonds. The number of carbonyl (C=O) groups is 1. The summed E-state index contributed by atoms with van der Waals surface area (Å²) in [4.78, 5) is 13.3. The Morgan fingerprint density at radius 3 is 2.80 bits per heavy atom. The maximum absolute atomic E-state index is 13.2. The van der Waals surface area contributed by atoms with Crippen LogP contribution < -0.4 is 5.32 Å². The van der Waals surface area contributed by atoms with Crippen molar-refractivity contribution in [1.29, 1.82) is 0 Å². The first-order chi connectivity index (χ1) is 9.56. The second-order valence-corrected chi connectivity index (χ2v) is 6.20. The number of esters is 1. The number of piperidine rings is 1. The monoisotopic (exact) mass is 288 g/mol. The summed E-state index contributed by atoms with van der Waals surface area (Å²) in [6, 6.07) is 0.868. The van der Waals surface area contributed by atoms with Gasteiger partial charge in [0.2, 0.25) is 0 Å². The Morgan fingerprint density at radius 2 is 2.15 bits per heavy atom. The maximum atomic E-state index is 13.2. The van der Waals surface area contributed by atoms with E-state index in [0.29, 0.717) is 18.6 Å². The molecule has 6 heteroatoms. The van der Waals surface area contributed by atoms with Crippen molar-refractivity contribution in [3.63, 3.8) is 0 Å². The van der Waals surface area contributed by atoms with Gasteiger partial charge in [-0.3, -0.25) is 4.90 Å². The molecule has 1 N–H and O–H groups in total. The lowest BCUT2D eigenvalue weighted by Gasteiger charge is -2.40. The van der Waals surface area contributed by atoms with Crippen LogP contribution in [0.4, 0.5) is 8.78 Å². The third-order valence-electron chi connectivity index (χ3n) is 4.72. The molecule has 20 heavy (non-hydrogen) atoms. The molecule has 3 aliphatic rings. The van der Waals surface area contributed by atoms with Gasteiger partial charge in [-0.1, -0.05) is 6.42 Å². The summed E-state index contributed by atoms with van der Waals surface area (Å²) in [7, 11) is 0. The number of hydrogen-bond acceptors (Lipinski definition) is 4. The number of halogens is 2. The zero-order chi connectivity index (χ0) is 14.2. The van der Waals surface area contributed by atoms with Crippen LogP contribution in [0.5, 0.6) is 0 Å². The average Bonchev–Trinajstić information content (AvgIpc) is 2.99. The molecule has 3 aliphatic heterocycles. The molecule has 0 aliphatic carbocycles. The Bertz CT molecular complexity index is 372. The van der Waals surface area contributed by atoms with Gasteiger partial charge in [-0.15, -0.1) is 0 Å². The number of likely N-dealkylation sites (tertiary alicyclic amines) is 1. The number of hydrogen-bond donors (Lipinski definition) is 1. The Kier molecular flexibility index (Phi) is 3.95. The highest BCUT2D eigenvalue weighted by atomic mass is 19.3. The summed E-state index contributed by atoms with van der Waals surface area (Å²) in [5.41, 5.74) is 0. The summed E-state index contributed by atoms with van der Waals surface area (Å²) in [6.45, 7) is 2.41. The lowest BCUT2D eigenvalue weighted by molar-refractivity contribution is -0.159. The van der Waals surface area contributed by atoms with Crippen LogP contribution in [0, 0.1) is 0 Å². The summed E-state index contributed by atoms with van der Waals surface area (Å²) in [5.74, 6) is -4.64. The minimum atomic E-state index is -3.29. The zero-order valence-electron chi connectivity index (χ0n) is 11.6. The van der Waals surface area contributed by atoms with Gasteiger partial charge < -0.3 is 10.1 Å². The highest BCUT2D eigenvalue weighted by Crippen LogP contribution is 2.33. The molecule has 0 saturated carbocycles. The van der Waals surface area contributed by atoms with Gasteiger partial charge in [-0.25, -0.2) is 4.79 Å². The molecule has 0 bridgehead atoms. The number of ether oxygens (including phenoxy) is 1. The molecule has 0 aromatic carbocycles. The molecule has 3 heterocycles. The quantitative estimate of drug-likeness (QED) is 0.800. The van der Waals surface area contributed by atoms with Gasteiger partial charge in [-0.05, 0) is 38.8 Å². The van der Waals surface area contributed by atoms with Gasteiger partial charge >= 0.3 is 11.9 Å². The van der Waals surface area contributed by atoms with Gasteiger partial charge in [0.05, 0.1) is 6.42 Å². The van der Waals surface area contributed by atoms with Crippen molar-refractivity contribution >= 4 is 5.97 Å². The van der Waals surface area contributed by atoms with Crippen molar-refractivity contribution in [3.8, 4) is 0 Å². The fraction of sp³-hybridized carbons (Fsp3) is 0.929. The topological polar surface area (TPSA) is 41.6 Å². The van der Waals surface area contributed by atoms with Crippen LogP contribution in [0.1, 0.15) is 38.5 Å². The smallest absolute Gasteiger partial charge is 0.377 e. The predicted octanol–water partition coefficient (Wildman–Crippen LogP) is 1.54. The number of rotatable bonds is 3. The Morgan fingerprint density at radius 1 is 1.30 bits per heavy atom. The van der Waals surface area contributed by atoms with Gasteiger partial charge in [0.15, 0.2) is 0 Å². The van der Waals surface area contributed by atoms with Crippen LogP contribution in [0.25, 0.3) is 0 Å². The number of nitrogens with zero attached hydrogens (tertiary/aromatic N) is 1. The van der Waals surface area contributed by atoms with Crippen LogP contribution in [-0.4, -0.2) is 54.6 Å². The summed E-state index contributed by atoms with van der Waals surface area (Å²) >= 11 is 0. The number of alkyl halides is 2. The average molecular weight is 288 g/mol. The van der Waals surface area contributed by atoms with Gasteiger partial charge in [-0.2, -0.15) is 8.78 Å². The largest absolute Gasteiger partial charge is 0.456 e. The van der Waals surface area contributed by atoms with Crippen molar-refractivity contribution in [2.24, 2.45) is 0 Å². The standard InChI is InChI=1S/C14H22F2N2O2/c15-14(16)8-10(20-13(14)19)9-18-7-2-1-5-12(18)11-4-3-6-17-11/h10-12,17H,1-9H2. The van der Waals surface area contributed by atoms with E-state index < -0.39 is 24.4 Å². The molecule has 0 spiro atoms. The van der Waals surface area contributed by atoms with E-state index in [1.54, 1.807) is 0 Å². The highest BCUT2D eigenvalue weighted by molar-refractivity contribution is 5.79. The number of cyclic esters (lactones) is 1. The van der Waals surface area contributed by atoms with Crippen molar-refractivity contribution in [2.75, 3.05) is 19.6 Å². The first-order valence-corrected chi connectivity index (χ1v) is 7.62. The fourth-order valence-corrected chi connectivity index (χ4v) is 3.75. The molecule has 3 saturated heterocycles. The van der Waals surface area contributed by atoms with E-state index in [-0.39, 0.29) is 0 Å². The Balaban J connectivity index is 1.61. The molecule has 0 aromatic rings. The zero-order valence-corrected chi connectivity index (χ0v) is 11.6. The third kappa shape index (κ3) is 2.81. The predicted molar refractivity (Wildman–Crippen MR) is 69.7 cm³/mol. The maximum Gasteiger partial charge on any atom is 0.377 e. The molecule has 0 radical (unpaired) electrons. The van der Waals surface area contributed by atoms with Crippen molar-refractivity contribution in [3.05, 3.63) is 0 Å². The lowest BCUT2D eigenvalue weighted by Crippen LogP contribution is -2.52. The molecular formula is C14H22F2N2O2. The van der Waals surface area contributed by atoms with E-state index in [2.05, 4.69) is 10.2 Å². The van der Waals surface area contributed by atoms with Crippen LogP contribution in [0.15, 0.2) is 0 Å². The van der Waals surface area contributed by atoms with E-state index in [1.165, 1.54) is 12.8 Å². The molecule has 114 valence electrons. The van der Waals surface area contributed by atoms with Crippen LogP contribution in [-0.2, 0) is 9.53 Å². The summed E-state index contributed by atoms with van der Waals surface area (Å²) in [5, 5.41) is 3.51. The molecule has 3 unspecified atom stereocenters. The highest BCUT2D eigenvalue weighted by Gasteiger charge is 2.51. The van der Waals surface area contributed by atoms with Crippen molar-refractivity contribution < 1.29 is 18.3 Å². The Hall–Kier alpha value is -0.750. The van der Waals surface area contributed by atoms with E-state index >= 15 is 0 Å². The second kappa shape index (κ2) is 5.56. The Labute approximate surface area is 117 Å². The first kappa shape index (κ1) is 14.2. The molecular weight excluding hydrogens is 266 g/mol. The van der Waals surface area contributed by atoms with Gasteiger partial charge in [0, 0.05) is 18.6 Å². The van der Waals surface area contributed by atoms with Gasteiger partial charge in [0.1, 0.15) is 6.10 Å². The normalized spacial score (nSPS) is 38.1. The lowest BCUT2D eigenvalue weighted by atomic mass is 9.94. The molecule has 0 aromatic heterocycles. The number of carbonyl (C=O) groups excluding carboxylic acids is 1. The minimum absolute atomic E-state index is 0.402. The molecule has 3 fully saturated rings. The van der Waals surface area contributed by atoms with Crippen LogP contribution >= 0.6 is 0 Å². The van der Waals surface area contributed by atoms with Crippen LogP contribution in [0.2, 0.25) is 0 Å². The van der Waals surface area contributed by atoms with Gasteiger partial charge in [0.25, 0.3) is 0 Å². The van der Waals surface area contributed by atoms with Crippen LogP contribution in [0.3, 0.4) is 0 Å². The van der Waals surface area contributed by atoms with Crippen molar-refractivity contribution in [1.82, 2.24) is 10.2 Å². The fourth-order valence-electron chi connectivity index (χ4n) is 3.75. The first-order valence-electron chi connectivity index (χ1n) is 7.62. The molecule has 3 rings (SSSR count). The third-order valence-corrected chi connectivity index (χ3v) is 4.72. The second-order valence-electron chi connectivity index (χ2n) is 6.20.